The van der Waals surface area contributed by atoms with E-state index in [0.717, 1.165) is 37.3 Å². The third-order valence-electron chi connectivity index (χ3n) is 4.15. The molecule has 0 saturated carbocycles. The molecular formula is C16H21N5O3. The number of hydrogen-bond acceptors (Lipinski definition) is 5. The molecule has 0 atom stereocenters. The molecule has 8 nitrogen and oxygen atoms in total. The van der Waals surface area contributed by atoms with E-state index in [0.29, 0.717) is 17.4 Å². The minimum atomic E-state index is -0.573. The maximum absolute atomic E-state index is 12.4. The Kier molecular flexibility index (Phi) is 5.07. The molecule has 0 bridgehead atoms. The number of carbonyl (C=O) groups is 1. The summed E-state index contributed by atoms with van der Waals surface area (Å²) in [6, 6.07) is 6.76. The van der Waals surface area contributed by atoms with Crippen molar-refractivity contribution in [3.05, 3.63) is 45.1 Å². The number of H-pyrrole nitrogens is 1. The number of nitrogens with one attached hydrogen (secondary N) is 3. The van der Waals surface area contributed by atoms with Crippen molar-refractivity contribution in [2.24, 2.45) is 0 Å². The normalized spacial score (nSPS) is 15.5. The van der Waals surface area contributed by atoms with Gasteiger partial charge >= 0.3 is 5.69 Å². The summed E-state index contributed by atoms with van der Waals surface area (Å²) in [6.45, 7) is 4.81. The van der Waals surface area contributed by atoms with Crippen molar-refractivity contribution in [3.63, 3.8) is 0 Å². The van der Waals surface area contributed by atoms with E-state index in [1.165, 1.54) is 0 Å². The van der Waals surface area contributed by atoms with Crippen LogP contribution in [0, 0.1) is 0 Å². The summed E-state index contributed by atoms with van der Waals surface area (Å²) < 4.78 is 0.933. The van der Waals surface area contributed by atoms with Gasteiger partial charge in [-0.1, -0.05) is 12.1 Å². The molecule has 1 aromatic heterocycles. The number of amides is 1. The van der Waals surface area contributed by atoms with Crippen LogP contribution in [0.25, 0.3) is 10.9 Å². The van der Waals surface area contributed by atoms with E-state index in [1.807, 2.05) is 0 Å². The zero-order valence-electron chi connectivity index (χ0n) is 13.4. The Morgan fingerprint density at radius 2 is 1.92 bits per heavy atom. The van der Waals surface area contributed by atoms with Gasteiger partial charge in [0.05, 0.1) is 10.9 Å². The first-order chi connectivity index (χ1) is 11.6. The van der Waals surface area contributed by atoms with Crippen molar-refractivity contribution in [2.75, 3.05) is 39.3 Å². The zero-order chi connectivity index (χ0) is 16.9. The summed E-state index contributed by atoms with van der Waals surface area (Å²) in [4.78, 5) is 41.3. The van der Waals surface area contributed by atoms with Crippen molar-refractivity contribution in [1.82, 2.24) is 25.1 Å². The zero-order valence-corrected chi connectivity index (χ0v) is 13.4. The van der Waals surface area contributed by atoms with E-state index in [1.54, 1.807) is 24.3 Å². The summed E-state index contributed by atoms with van der Waals surface area (Å²) in [7, 11) is 0. The van der Waals surface area contributed by atoms with E-state index in [2.05, 4.69) is 20.5 Å². The van der Waals surface area contributed by atoms with E-state index < -0.39 is 11.2 Å². The Hall–Kier alpha value is -2.45. The van der Waals surface area contributed by atoms with E-state index in [-0.39, 0.29) is 12.5 Å². The van der Waals surface area contributed by atoms with Crippen LogP contribution in [0.3, 0.4) is 0 Å². The fourth-order valence-corrected chi connectivity index (χ4v) is 2.83. The number of para-hydroxylation sites is 1. The summed E-state index contributed by atoms with van der Waals surface area (Å²) in [5.74, 6) is -0.340. The summed E-state index contributed by atoms with van der Waals surface area (Å²) in [6.07, 6.45) is 0. The Bertz CT molecular complexity index is 835. The highest BCUT2D eigenvalue weighted by atomic mass is 16.2. The number of hydrogen-bond donors (Lipinski definition) is 3. The van der Waals surface area contributed by atoms with Crippen molar-refractivity contribution in [2.45, 2.75) is 6.54 Å². The average molecular weight is 331 g/mol. The minimum Gasteiger partial charge on any atom is -0.353 e. The summed E-state index contributed by atoms with van der Waals surface area (Å²) in [5.41, 5.74) is -0.551. The van der Waals surface area contributed by atoms with Gasteiger partial charge in [-0.25, -0.2) is 4.79 Å². The molecule has 1 aliphatic rings. The quantitative estimate of drug-likeness (QED) is 0.633. The van der Waals surface area contributed by atoms with Crippen LogP contribution in [-0.2, 0) is 11.3 Å². The van der Waals surface area contributed by atoms with Crippen molar-refractivity contribution >= 4 is 16.8 Å². The van der Waals surface area contributed by atoms with Crippen LogP contribution in [-0.4, -0.2) is 59.6 Å². The number of benzene rings is 1. The maximum Gasteiger partial charge on any atom is 0.329 e. The first-order valence-electron chi connectivity index (χ1n) is 8.07. The average Bonchev–Trinajstić information content (AvgIpc) is 2.59. The molecule has 1 fully saturated rings. The van der Waals surface area contributed by atoms with Gasteiger partial charge in [0.25, 0.3) is 5.56 Å². The van der Waals surface area contributed by atoms with E-state index in [4.69, 9.17) is 0 Å². The highest BCUT2D eigenvalue weighted by Crippen LogP contribution is 2.02. The predicted octanol–water partition coefficient (Wildman–Crippen LogP) is -1.29. The maximum atomic E-state index is 12.4. The van der Waals surface area contributed by atoms with E-state index in [9.17, 15) is 14.4 Å². The summed E-state index contributed by atoms with van der Waals surface area (Å²) >= 11 is 0. The molecule has 3 N–H and O–H groups in total. The largest absolute Gasteiger partial charge is 0.353 e. The lowest BCUT2D eigenvalue weighted by molar-refractivity contribution is -0.121. The molecule has 24 heavy (non-hydrogen) atoms. The van der Waals surface area contributed by atoms with Crippen LogP contribution in [0.1, 0.15) is 0 Å². The fraction of sp³-hybridized carbons (Fsp3) is 0.438. The van der Waals surface area contributed by atoms with Crippen LogP contribution in [0.2, 0.25) is 0 Å². The van der Waals surface area contributed by atoms with Gasteiger partial charge in [0.15, 0.2) is 0 Å². The standard InChI is InChI=1S/C16H21N5O3/c22-14(18-7-10-20-8-5-17-6-9-20)11-21-15(23)12-3-1-2-4-13(12)19-16(21)24/h1-4,17H,5-11H2,(H,18,22)(H,19,24). The molecule has 0 spiro atoms. The molecule has 1 amide bonds. The first kappa shape index (κ1) is 16.4. The highest BCUT2D eigenvalue weighted by molar-refractivity contribution is 5.78. The number of nitrogens with zero attached hydrogens (tertiary/aromatic N) is 2. The molecule has 1 aromatic carbocycles. The van der Waals surface area contributed by atoms with Crippen molar-refractivity contribution in [3.8, 4) is 0 Å². The van der Waals surface area contributed by atoms with Crippen LogP contribution >= 0.6 is 0 Å². The SMILES string of the molecule is O=C(Cn1c(=O)[nH]c2ccccc2c1=O)NCCN1CCNCC1. The smallest absolute Gasteiger partial charge is 0.329 e. The predicted molar refractivity (Wildman–Crippen MR) is 91.1 cm³/mol. The lowest BCUT2D eigenvalue weighted by Gasteiger charge is -2.27. The Labute approximate surface area is 138 Å². The number of carbonyl (C=O) groups excluding carboxylic acids is 1. The molecule has 3 rings (SSSR count). The molecule has 0 unspecified atom stereocenters. The third-order valence-corrected chi connectivity index (χ3v) is 4.15. The Morgan fingerprint density at radius 3 is 2.71 bits per heavy atom. The van der Waals surface area contributed by atoms with Crippen molar-refractivity contribution < 1.29 is 4.79 Å². The van der Waals surface area contributed by atoms with Crippen LogP contribution in [0.15, 0.2) is 33.9 Å². The van der Waals surface area contributed by atoms with Gasteiger partial charge in [0.1, 0.15) is 6.54 Å². The van der Waals surface area contributed by atoms with Gasteiger partial charge in [-0.2, -0.15) is 0 Å². The van der Waals surface area contributed by atoms with Crippen LogP contribution < -0.4 is 21.9 Å². The molecule has 1 saturated heterocycles. The molecule has 0 radical (unpaired) electrons. The van der Waals surface area contributed by atoms with Gasteiger partial charge < -0.3 is 15.6 Å². The Morgan fingerprint density at radius 1 is 1.17 bits per heavy atom. The topological polar surface area (TPSA) is 99.2 Å². The van der Waals surface area contributed by atoms with Gasteiger partial charge in [0, 0.05) is 39.3 Å². The molecular weight excluding hydrogens is 310 g/mol. The second kappa shape index (κ2) is 7.41. The number of fused-ring (bicyclic) bond motifs is 1. The number of aromatic nitrogens is 2. The summed E-state index contributed by atoms with van der Waals surface area (Å²) in [5, 5.41) is 6.43. The Balaban J connectivity index is 1.63. The molecule has 2 aromatic rings. The molecule has 8 heteroatoms. The second-order valence-electron chi connectivity index (χ2n) is 5.81. The number of piperazine rings is 1. The van der Waals surface area contributed by atoms with E-state index >= 15 is 0 Å². The molecule has 2 heterocycles. The third kappa shape index (κ3) is 3.72. The van der Waals surface area contributed by atoms with Gasteiger partial charge in [-0.15, -0.1) is 0 Å². The lowest BCUT2D eigenvalue weighted by Crippen LogP contribution is -2.47. The van der Waals surface area contributed by atoms with Gasteiger partial charge in [-0.05, 0) is 12.1 Å². The molecule has 128 valence electrons. The minimum absolute atomic E-state index is 0.277. The van der Waals surface area contributed by atoms with Gasteiger partial charge in [-0.3, -0.25) is 19.1 Å². The molecule has 0 aliphatic carbocycles. The van der Waals surface area contributed by atoms with Crippen LogP contribution in [0.5, 0.6) is 0 Å². The lowest BCUT2D eigenvalue weighted by atomic mass is 10.2. The van der Waals surface area contributed by atoms with Crippen LogP contribution in [0.4, 0.5) is 0 Å². The van der Waals surface area contributed by atoms with Gasteiger partial charge in [0.2, 0.25) is 5.91 Å². The number of rotatable bonds is 5. The number of aromatic amines is 1. The highest BCUT2D eigenvalue weighted by Gasteiger charge is 2.12. The first-order valence-corrected chi connectivity index (χ1v) is 8.07. The van der Waals surface area contributed by atoms with Crippen molar-refractivity contribution in [1.29, 1.82) is 0 Å². The fourth-order valence-electron chi connectivity index (χ4n) is 2.83. The monoisotopic (exact) mass is 331 g/mol. The second-order valence-corrected chi connectivity index (χ2v) is 5.81. The molecule has 1 aliphatic heterocycles.